The topological polar surface area (TPSA) is 37.4 Å². The molecule has 0 amide bonds. The lowest BCUT2D eigenvalue weighted by Gasteiger charge is -2.24. The fourth-order valence-electron chi connectivity index (χ4n) is 3.15. The lowest BCUT2D eigenvalue weighted by molar-refractivity contribution is 0.396. The van der Waals surface area contributed by atoms with Gasteiger partial charge in [0.2, 0.25) is 10.0 Å². The first-order chi connectivity index (χ1) is 10.6. The lowest BCUT2D eigenvalue weighted by Crippen LogP contribution is -2.31. The van der Waals surface area contributed by atoms with Crippen LogP contribution in [0.25, 0.3) is 0 Å². The van der Waals surface area contributed by atoms with E-state index in [2.05, 4.69) is 6.07 Å². The summed E-state index contributed by atoms with van der Waals surface area (Å²) in [6, 6.07) is 17.6. The Hall–Kier alpha value is -1.65. The zero-order valence-electron chi connectivity index (χ0n) is 12.8. The van der Waals surface area contributed by atoms with Gasteiger partial charge in [-0.15, -0.1) is 0 Å². The fourth-order valence-corrected chi connectivity index (χ4v) is 4.95. The summed E-state index contributed by atoms with van der Waals surface area (Å²) in [4.78, 5) is 0. The van der Waals surface area contributed by atoms with Crippen LogP contribution in [0.5, 0.6) is 0 Å². The maximum Gasteiger partial charge on any atom is 0.218 e. The molecule has 1 aliphatic heterocycles. The van der Waals surface area contributed by atoms with E-state index in [-0.39, 0.29) is 11.8 Å². The van der Waals surface area contributed by atoms with E-state index in [1.807, 2.05) is 55.5 Å². The second kappa shape index (κ2) is 6.23. The van der Waals surface area contributed by atoms with Crippen molar-refractivity contribution in [3.05, 3.63) is 71.3 Å². The monoisotopic (exact) mass is 315 g/mol. The first-order valence-electron chi connectivity index (χ1n) is 7.66. The predicted octanol–water partition coefficient (Wildman–Crippen LogP) is 3.66. The van der Waals surface area contributed by atoms with Crippen molar-refractivity contribution in [1.29, 1.82) is 0 Å². The molecule has 0 aliphatic carbocycles. The summed E-state index contributed by atoms with van der Waals surface area (Å²) in [6.07, 6.45) is 1.82. The van der Waals surface area contributed by atoms with E-state index in [1.165, 1.54) is 5.56 Å². The smallest absolute Gasteiger partial charge is 0.212 e. The zero-order chi connectivity index (χ0) is 15.6. The fraction of sp³-hybridized carbons (Fsp3) is 0.333. The van der Waals surface area contributed by atoms with Gasteiger partial charge in [-0.3, -0.25) is 0 Å². The second-order valence-electron chi connectivity index (χ2n) is 5.92. The van der Waals surface area contributed by atoms with Gasteiger partial charge in [0.15, 0.2) is 0 Å². The quantitative estimate of drug-likeness (QED) is 0.863. The molecule has 22 heavy (non-hydrogen) atoms. The largest absolute Gasteiger partial charge is 0.218 e. The van der Waals surface area contributed by atoms with Crippen LogP contribution in [0.15, 0.2) is 54.6 Å². The minimum Gasteiger partial charge on any atom is -0.212 e. The van der Waals surface area contributed by atoms with Crippen LogP contribution in [0.3, 0.4) is 0 Å². The molecule has 116 valence electrons. The van der Waals surface area contributed by atoms with Gasteiger partial charge in [0, 0.05) is 12.6 Å². The number of benzene rings is 2. The van der Waals surface area contributed by atoms with Crippen molar-refractivity contribution in [2.45, 2.75) is 31.6 Å². The van der Waals surface area contributed by atoms with Crippen molar-refractivity contribution in [2.24, 2.45) is 0 Å². The number of nitrogens with zero attached hydrogens (tertiary/aromatic N) is 1. The average molecular weight is 315 g/mol. The summed E-state index contributed by atoms with van der Waals surface area (Å²) >= 11 is 0. The molecule has 1 heterocycles. The normalized spacial score (nSPS) is 19.4. The molecule has 1 unspecified atom stereocenters. The Balaban J connectivity index is 1.86. The van der Waals surface area contributed by atoms with Crippen LogP contribution in [0, 0.1) is 6.92 Å². The molecule has 0 N–H and O–H groups in total. The average Bonchev–Trinajstić information content (AvgIpc) is 2.98. The highest BCUT2D eigenvalue weighted by Crippen LogP contribution is 2.35. The van der Waals surface area contributed by atoms with Gasteiger partial charge in [0.25, 0.3) is 0 Å². The van der Waals surface area contributed by atoms with Gasteiger partial charge >= 0.3 is 0 Å². The zero-order valence-corrected chi connectivity index (χ0v) is 13.6. The number of sulfonamides is 1. The van der Waals surface area contributed by atoms with Crippen molar-refractivity contribution in [2.75, 3.05) is 6.54 Å². The standard InChI is InChI=1S/C18H21NO2S/c1-15-7-5-10-17(13-15)18-11-6-12-19(18)22(20,21)14-16-8-3-2-4-9-16/h2-5,7-10,13,18H,6,11-12,14H2,1H3. The third-order valence-electron chi connectivity index (χ3n) is 4.18. The van der Waals surface area contributed by atoms with Gasteiger partial charge in [-0.25, -0.2) is 8.42 Å². The number of aryl methyl sites for hydroxylation is 1. The van der Waals surface area contributed by atoms with Crippen LogP contribution in [0.4, 0.5) is 0 Å². The Bertz CT molecular complexity index is 741. The third kappa shape index (κ3) is 3.23. The third-order valence-corrected chi connectivity index (χ3v) is 6.03. The van der Waals surface area contributed by atoms with Crippen molar-refractivity contribution in [3.8, 4) is 0 Å². The molecular weight excluding hydrogens is 294 g/mol. The molecule has 1 fully saturated rings. The van der Waals surface area contributed by atoms with Gasteiger partial charge in [-0.1, -0.05) is 60.2 Å². The molecular formula is C18H21NO2S. The number of hydrogen-bond donors (Lipinski definition) is 0. The highest BCUT2D eigenvalue weighted by atomic mass is 32.2. The van der Waals surface area contributed by atoms with E-state index < -0.39 is 10.0 Å². The van der Waals surface area contributed by atoms with Crippen molar-refractivity contribution in [1.82, 2.24) is 4.31 Å². The summed E-state index contributed by atoms with van der Waals surface area (Å²) in [5, 5.41) is 0. The van der Waals surface area contributed by atoms with E-state index in [4.69, 9.17) is 0 Å². The van der Waals surface area contributed by atoms with Gasteiger partial charge in [0.1, 0.15) is 0 Å². The van der Waals surface area contributed by atoms with Crippen LogP contribution >= 0.6 is 0 Å². The SMILES string of the molecule is Cc1cccc(C2CCCN2S(=O)(=O)Cc2ccccc2)c1. The van der Waals surface area contributed by atoms with E-state index in [0.717, 1.165) is 24.0 Å². The molecule has 0 saturated carbocycles. The molecule has 4 heteroatoms. The molecule has 0 aromatic heterocycles. The number of rotatable bonds is 4. The predicted molar refractivity (Wildman–Crippen MR) is 88.9 cm³/mol. The van der Waals surface area contributed by atoms with Crippen molar-refractivity contribution in [3.63, 3.8) is 0 Å². The van der Waals surface area contributed by atoms with E-state index >= 15 is 0 Å². The van der Waals surface area contributed by atoms with Crippen LogP contribution in [0.2, 0.25) is 0 Å². The van der Waals surface area contributed by atoms with Crippen LogP contribution < -0.4 is 0 Å². The van der Waals surface area contributed by atoms with Gasteiger partial charge in [-0.05, 0) is 30.9 Å². The highest BCUT2D eigenvalue weighted by molar-refractivity contribution is 7.88. The Morgan fingerprint density at radius 3 is 2.59 bits per heavy atom. The van der Waals surface area contributed by atoms with Crippen LogP contribution in [-0.2, 0) is 15.8 Å². The molecule has 3 rings (SSSR count). The minimum atomic E-state index is -3.29. The molecule has 1 saturated heterocycles. The van der Waals surface area contributed by atoms with Crippen LogP contribution in [-0.4, -0.2) is 19.3 Å². The molecule has 0 spiro atoms. The van der Waals surface area contributed by atoms with E-state index in [9.17, 15) is 8.42 Å². The second-order valence-corrected chi connectivity index (χ2v) is 7.85. The van der Waals surface area contributed by atoms with Gasteiger partial charge in [0.05, 0.1) is 5.75 Å². The summed E-state index contributed by atoms with van der Waals surface area (Å²) in [6.45, 7) is 2.66. The van der Waals surface area contributed by atoms with Crippen LogP contribution in [0.1, 0.15) is 35.6 Å². The molecule has 0 radical (unpaired) electrons. The Kier molecular flexibility index (Phi) is 4.32. The lowest BCUT2D eigenvalue weighted by atomic mass is 10.0. The molecule has 1 aliphatic rings. The molecule has 2 aromatic carbocycles. The maximum atomic E-state index is 12.8. The number of hydrogen-bond acceptors (Lipinski definition) is 2. The molecule has 1 atom stereocenters. The molecule has 0 bridgehead atoms. The molecule has 3 nitrogen and oxygen atoms in total. The van der Waals surface area contributed by atoms with Crippen molar-refractivity contribution >= 4 is 10.0 Å². The van der Waals surface area contributed by atoms with E-state index in [0.29, 0.717) is 6.54 Å². The summed E-state index contributed by atoms with van der Waals surface area (Å²) in [5.41, 5.74) is 3.12. The first-order valence-corrected chi connectivity index (χ1v) is 9.27. The first kappa shape index (κ1) is 15.3. The van der Waals surface area contributed by atoms with Crippen molar-refractivity contribution < 1.29 is 8.42 Å². The summed E-state index contributed by atoms with van der Waals surface area (Å²) in [7, 11) is -3.29. The van der Waals surface area contributed by atoms with Gasteiger partial charge < -0.3 is 0 Å². The highest BCUT2D eigenvalue weighted by Gasteiger charge is 2.35. The Morgan fingerprint density at radius 2 is 1.86 bits per heavy atom. The van der Waals surface area contributed by atoms with E-state index in [1.54, 1.807) is 4.31 Å². The maximum absolute atomic E-state index is 12.8. The summed E-state index contributed by atoms with van der Waals surface area (Å²) < 4.78 is 27.3. The van der Waals surface area contributed by atoms with Gasteiger partial charge in [-0.2, -0.15) is 4.31 Å². The summed E-state index contributed by atoms with van der Waals surface area (Å²) in [5.74, 6) is 0.0795. The minimum absolute atomic E-state index is 0.0198. The Morgan fingerprint density at radius 1 is 1.09 bits per heavy atom. The molecule has 2 aromatic rings. The Labute approximate surface area is 132 Å².